The number of carbonyl (C=O) groups excluding carboxylic acids is 1. The quantitative estimate of drug-likeness (QED) is 0.587. The van der Waals surface area contributed by atoms with Gasteiger partial charge in [-0.1, -0.05) is 37.8 Å². The van der Waals surface area contributed by atoms with Gasteiger partial charge in [0.15, 0.2) is 0 Å². The van der Waals surface area contributed by atoms with Crippen molar-refractivity contribution >= 4 is 46.3 Å². The molecule has 2 aromatic rings. The maximum absolute atomic E-state index is 13.0. The molecular formula is C19H16FNO4S2. The first-order chi connectivity index (χ1) is 12.8. The van der Waals surface area contributed by atoms with E-state index in [9.17, 15) is 19.1 Å². The first-order valence-corrected chi connectivity index (χ1v) is 9.36. The van der Waals surface area contributed by atoms with Gasteiger partial charge < -0.3 is 9.52 Å². The van der Waals surface area contributed by atoms with Crippen LogP contribution in [0.1, 0.15) is 19.6 Å². The molecule has 3 rings (SSSR count). The van der Waals surface area contributed by atoms with E-state index in [0.717, 1.165) is 16.7 Å². The Bertz CT molecular complexity index is 933. The van der Waals surface area contributed by atoms with Crippen molar-refractivity contribution in [2.75, 3.05) is 0 Å². The fraction of sp³-hybridized carbons (Fsp3) is 0.211. The number of aliphatic carboxylic acids is 1. The van der Waals surface area contributed by atoms with E-state index in [1.165, 1.54) is 18.2 Å². The smallest absolute Gasteiger partial charge is 0.327 e. The minimum absolute atomic E-state index is 0.206. The van der Waals surface area contributed by atoms with E-state index in [1.54, 1.807) is 38.1 Å². The summed E-state index contributed by atoms with van der Waals surface area (Å²) in [6.45, 7) is 3.45. The number of rotatable bonds is 5. The molecule has 1 atom stereocenters. The molecule has 1 aliphatic heterocycles. The van der Waals surface area contributed by atoms with Crippen molar-refractivity contribution in [1.29, 1.82) is 0 Å². The summed E-state index contributed by atoms with van der Waals surface area (Å²) < 4.78 is 18.9. The highest BCUT2D eigenvalue weighted by Gasteiger charge is 2.42. The van der Waals surface area contributed by atoms with Crippen molar-refractivity contribution in [2.24, 2.45) is 5.92 Å². The second-order valence-electron chi connectivity index (χ2n) is 6.29. The van der Waals surface area contributed by atoms with Gasteiger partial charge in [-0.25, -0.2) is 9.18 Å². The summed E-state index contributed by atoms with van der Waals surface area (Å²) in [7, 11) is 0. The fourth-order valence-corrected chi connectivity index (χ4v) is 4.05. The van der Waals surface area contributed by atoms with Gasteiger partial charge in [0.1, 0.15) is 27.7 Å². The number of carboxylic acids is 1. The van der Waals surface area contributed by atoms with Crippen LogP contribution in [-0.4, -0.2) is 32.2 Å². The third kappa shape index (κ3) is 3.96. The average Bonchev–Trinajstić information content (AvgIpc) is 3.16. The minimum atomic E-state index is -1.10. The molecule has 27 heavy (non-hydrogen) atoms. The summed E-state index contributed by atoms with van der Waals surface area (Å²) in [6.07, 6.45) is 1.53. The van der Waals surface area contributed by atoms with Crippen molar-refractivity contribution in [3.63, 3.8) is 0 Å². The molecule has 0 radical (unpaired) electrons. The van der Waals surface area contributed by atoms with E-state index in [1.807, 2.05) is 0 Å². The molecule has 8 heteroatoms. The van der Waals surface area contributed by atoms with Crippen LogP contribution in [0.4, 0.5) is 4.39 Å². The zero-order valence-corrected chi connectivity index (χ0v) is 16.1. The van der Waals surface area contributed by atoms with Crippen LogP contribution in [-0.2, 0) is 9.59 Å². The number of furan rings is 1. The number of benzene rings is 1. The lowest BCUT2D eigenvalue weighted by atomic mass is 10.0. The number of hydrogen-bond acceptors (Lipinski definition) is 5. The molecule has 1 aliphatic rings. The Labute approximate surface area is 164 Å². The largest absolute Gasteiger partial charge is 0.480 e. The Kier molecular flexibility index (Phi) is 5.48. The van der Waals surface area contributed by atoms with Gasteiger partial charge in [0.05, 0.1) is 4.91 Å². The van der Waals surface area contributed by atoms with Gasteiger partial charge in [-0.3, -0.25) is 9.69 Å². The fourth-order valence-electron chi connectivity index (χ4n) is 2.74. The van der Waals surface area contributed by atoms with E-state index in [0.29, 0.717) is 22.0 Å². The summed E-state index contributed by atoms with van der Waals surface area (Å²) in [5.74, 6) is -1.23. The van der Waals surface area contributed by atoms with Gasteiger partial charge in [0, 0.05) is 11.6 Å². The molecule has 1 saturated heterocycles. The Morgan fingerprint density at radius 2 is 1.93 bits per heavy atom. The third-order valence-corrected chi connectivity index (χ3v) is 5.35. The second-order valence-corrected chi connectivity index (χ2v) is 7.96. The highest BCUT2D eigenvalue weighted by atomic mass is 32.2. The second kappa shape index (κ2) is 7.66. The van der Waals surface area contributed by atoms with Crippen LogP contribution >= 0.6 is 24.0 Å². The highest BCUT2D eigenvalue weighted by Crippen LogP contribution is 2.36. The van der Waals surface area contributed by atoms with Crippen molar-refractivity contribution in [1.82, 2.24) is 4.90 Å². The maximum Gasteiger partial charge on any atom is 0.327 e. The lowest BCUT2D eigenvalue weighted by Crippen LogP contribution is -2.47. The number of carbonyl (C=O) groups is 2. The Balaban J connectivity index is 1.86. The molecule has 5 nitrogen and oxygen atoms in total. The van der Waals surface area contributed by atoms with Crippen LogP contribution in [0.15, 0.2) is 45.7 Å². The van der Waals surface area contributed by atoms with Gasteiger partial charge in [-0.15, -0.1) is 0 Å². The Hall–Kier alpha value is -2.45. The average molecular weight is 405 g/mol. The molecule has 0 spiro atoms. The van der Waals surface area contributed by atoms with Crippen LogP contribution in [0.5, 0.6) is 0 Å². The van der Waals surface area contributed by atoms with Crippen LogP contribution in [0, 0.1) is 11.7 Å². The van der Waals surface area contributed by atoms with E-state index in [4.69, 9.17) is 16.6 Å². The van der Waals surface area contributed by atoms with Crippen molar-refractivity contribution in [3.05, 3.63) is 52.9 Å². The number of carboxylic acid groups (broad SMARTS) is 1. The summed E-state index contributed by atoms with van der Waals surface area (Å²) in [4.78, 5) is 25.7. The highest BCUT2D eigenvalue weighted by molar-refractivity contribution is 8.26. The number of hydrogen-bond donors (Lipinski definition) is 1. The Morgan fingerprint density at radius 3 is 2.52 bits per heavy atom. The number of halogens is 1. The minimum Gasteiger partial charge on any atom is -0.480 e. The normalized spacial score (nSPS) is 17.2. The number of amides is 1. The molecule has 1 aromatic heterocycles. The summed E-state index contributed by atoms with van der Waals surface area (Å²) in [6, 6.07) is 8.24. The molecule has 140 valence electrons. The monoisotopic (exact) mass is 405 g/mol. The van der Waals surface area contributed by atoms with E-state index in [-0.39, 0.29) is 16.1 Å². The number of thiocarbonyl (C=S) groups is 1. The maximum atomic E-state index is 13.0. The topological polar surface area (TPSA) is 70.8 Å². The van der Waals surface area contributed by atoms with Crippen LogP contribution in [0.3, 0.4) is 0 Å². The molecule has 0 saturated carbocycles. The predicted molar refractivity (Wildman–Crippen MR) is 105 cm³/mol. The van der Waals surface area contributed by atoms with Gasteiger partial charge in [0.25, 0.3) is 5.91 Å². The van der Waals surface area contributed by atoms with Crippen molar-refractivity contribution in [3.8, 4) is 11.3 Å². The lowest BCUT2D eigenvalue weighted by molar-refractivity contribution is -0.146. The first kappa shape index (κ1) is 19.3. The predicted octanol–water partition coefficient (Wildman–Crippen LogP) is 4.40. The molecule has 2 heterocycles. The zero-order valence-electron chi connectivity index (χ0n) is 14.5. The molecular weight excluding hydrogens is 389 g/mol. The molecule has 1 aromatic carbocycles. The standard InChI is InChI=1S/C19H16FNO4S2/c1-10(2)16(18(23)24)21-17(22)15(27-19(21)26)9-13-7-8-14(25-13)11-3-5-12(20)6-4-11/h3-10,16H,1-2H3,(H,23,24)/b15-9+/t16-/m0/s1. The van der Waals surface area contributed by atoms with Crippen LogP contribution in [0.2, 0.25) is 0 Å². The van der Waals surface area contributed by atoms with E-state index >= 15 is 0 Å². The van der Waals surface area contributed by atoms with E-state index in [2.05, 4.69) is 0 Å². The van der Waals surface area contributed by atoms with Gasteiger partial charge in [-0.2, -0.15) is 0 Å². The molecule has 0 unspecified atom stereocenters. The van der Waals surface area contributed by atoms with Crippen molar-refractivity contribution < 1.29 is 23.5 Å². The third-order valence-electron chi connectivity index (χ3n) is 4.02. The van der Waals surface area contributed by atoms with Crippen molar-refractivity contribution in [2.45, 2.75) is 19.9 Å². The van der Waals surface area contributed by atoms with Gasteiger partial charge in [0.2, 0.25) is 0 Å². The lowest BCUT2D eigenvalue weighted by Gasteiger charge is -2.26. The summed E-state index contributed by atoms with van der Waals surface area (Å²) in [5.41, 5.74) is 0.703. The van der Waals surface area contributed by atoms with Gasteiger partial charge >= 0.3 is 5.97 Å². The molecule has 1 N–H and O–H groups in total. The van der Waals surface area contributed by atoms with Crippen LogP contribution < -0.4 is 0 Å². The van der Waals surface area contributed by atoms with Gasteiger partial charge in [-0.05, 0) is 42.3 Å². The first-order valence-electron chi connectivity index (χ1n) is 8.13. The molecule has 1 fully saturated rings. The molecule has 1 amide bonds. The zero-order chi connectivity index (χ0) is 19.7. The van der Waals surface area contributed by atoms with E-state index < -0.39 is 17.9 Å². The molecule has 0 aliphatic carbocycles. The Morgan fingerprint density at radius 1 is 1.26 bits per heavy atom. The number of thioether (sulfide) groups is 1. The summed E-state index contributed by atoms with van der Waals surface area (Å²) >= 11 is 6.26. The summed E-state index contributed by atoms with van der Waals surface area (Å²) in [5, 5.41) is 9.44. The SMILES string of the molecule is CC(C)[C@@H](C(=O)O)N1C(=O)/C(=C\c2ccc(-c3ccc(F)cc3)o2)SC1=S. The number of nitrogens with zero attached hydrogens (tertiary/aromatic N) is 1. The molecule has 0 bridgehead atoms. The van der Waals surface area contributed by atoms with Crippen LogP contribution in [0.25, 0.3) is 17.4 Å².